The molecule has 0 aliphatic carbocycles. The van der Waals surface area contributed by atoms with Crippen LogP contribution in [-0.2, 0) is 16.0 Å². The van der Waals surface area contributed by atoms with Gasteiger partial charge in [-0.15, -0.1) is 0 Å². The molecule has 0 radical (unpaired) electrons. The number of ether oxygens (including phenoxy) is 2. The Hall–Kier alpha value is -3.45. The first-order chi connectivity index (χ1) is 17.3. The topological polar surface area (TPSA) is 110 Å². The van der Waals surface area contributed by atoms with Gasteiger partial charge >= 0.3 is 6.04 Å². The average molecular weight is 527 g/mol. The fraction of sp³-hybridized carbons (Fsp3) is 0.458. The molecule has 0 saturated carbocycles. The monoisotopic (exact) mass is 527 g/mol. The van der Waals surface area contributed by atoms with Crippen molar-refractivity contribution in [2.45, 2.75) is 57.5 Å². The molecule has 2 amide bonds. The van der Waals surface area contributed by atoms with Gasteiger partial charge in [-0.25, -0.2) is 13.2 Å². The van der Waals surface area contributed by atoms with Crippen LogP contribution in [0.1, 0.15) is 59.1 Å². The summed E-state index contributed by atoms with van der Waals surface area (Å²) in [5.41, 5.74) is -2.85. The third-order valence-electron chi connectivity index (χ3n) is 6.75. The van der Waals surface area contributed by atoms with E-state index in [4.69, 9.17) is 9.47 Å². The molecule has 2 N–H and O–H groups in total. The van der Waals surface area contributed by atoms with E-state index < -0.39 is 82.0 Å². The van der Waals surface area contributed by atoms with E-state index in [1.807, 2.05) is 0 Å². The predicted molar refractivity (Wildman–Crippen MR) is 120 cm³/mol. The van der Waals surface area contributed by atoms with Crippen molar-refractivity contribution in [3.05, 3.63) is 62.8 Å². The molecule has 4 rings (SSSR count). The Bertz CT molecular complexity index is 1290. The van der Waals surface area contributed by atoms with Crippen molar-refractivity contribution in [2.24, 2.45) is 0 Å². The number of fused-ring (bicyclic) bond motifs is 4. The summed E-state index contributed by atoms with van der Waals surface area (Å²) in [6.45, 7) is 2.13. The Morgan fingerprint density at radius 1 is 1.22 bits per heavy atom. The third-order valence-corrected chi connectivity index (χ3v) is 6.75. The zero-order valence-corrected chi connectivity index (χ0v) is 20.2. The molecule has 4 unspecified atom stereocenters. The molecule has 200 valence electrons. The fourth-order valence-electron chi connectivity index (χ4n) is 4.65. The van der Waals surface area contributed by atoms with Crippen LogP contribution < -0.4 is 10.7 Å². The largest absolute Gasteiger partial charge is 0.503 e. The molecular formula is C24H25F4N3O6. The summed E-state index contributed by atoms with van der Waals surface area (Å²) in [5.74, 6) is -6.40. The number of carbonyl (C=O) groups is 2. The minimum atomic E-state index is -2.48. The molecule has 9 nitrogen and oxygen atoms in total. The first-order valence-electron chi connectivity index (χ1n) is 11.5. The van der Waals surface area contributed by atoms with Crippen LogP contribution in [0.2, 0.25) is 0 Å². The minimum Gasteiger partial charge on any atom is -0.503 e. The van der Waals surface area contributed by atoms with Crippen LogP contribution >= 0.6 is 0 Å². The Morgan fingerprint density at radius 3 is 2.49 bits per heavy atom. The number of hydrogen-bond acceptors (Lipinski definition) is 6. The number of carbonyl (C=O) groups excluding carboxylic acids is 2. The molecule has 2 aromatic rings. The number of benzene rings is 1. The summed E-state index contributed by atoms with van der Waals surface area (Å²) in [4.78, 5) is 40.3. The highest BCUT2D eigenvalue weighted by Crippen LogP contribution is 2.37. The number of halogens is 4. The number of alkyl halides is 1. The van der Waals surface area contributed by atoms with E-state index in [0.717, 1.165) is 20.2 Å². The molecule has 2 aliphatic heterocycles. The predicted octanol–water partition coefficient (Wildman–Crippen LogP) is 2.76. The van der Waals surface area contributed by atoms with E-state index in [0.29, 0.717) is 18.6 Å². The molecule has 1 aromatic heterocycles. The van der Waals surface area contributed by atoms with Gasteiger partial charge in [0, 0.05) is 57.1 Å². The molecule has 37 heavy (non-hydrogen) atoms. The molecule has 1 aromatic carbocycles. The molecule has 1 fully saturated rings. The van der Waals surface area contributed by atoms with Crippen molar-refractivity contribution in [1.82, 2.24) is 14.8 Å². The lowest BCUT2D eigenvalue weighted by Gasteiger charge is -2.39. The zero-order chi connectivity index (χ0) is 27.2. The number of aromatic nitrogens is 1. The molecule has 0 spiro atoms. The van der Waals surface area contributed by atoms with Crippen molar-refractivity contribution in [2.75, 3.05) is 13.7 Å². The number of amides is 2. The van der Waals surface area contributed by atoms with Gasteiger partial charge in [0.05, 0.1) is 12.1 Å². The van der Waals surface area contributed by atoms with Gasteiger partial charge < -0.3 is 29.4 Å². The summed E-state index contributed by atoms with van der Waals surface area (Å²) in [6.07, 6.45) is 0.859. The zero-order valence-electron chi connectivity index (χ0n) is 20.2. The molecular weight excluding hydrogens is 502 g/mol. The second-order valence-corrected chi connectivity index (χ2v) is 9.15. The maximum Gasteiger partial charge on any atom is 0.317 e. The van der Waals surface area contributed by atoms with Crippen LogP contribution in [0.5, 0.6) is 5.75 Å². The lowest BCUT2D eigenvalue weighted by molar-refractivity contribution is -0.317. The maximum absolute atomic E-state index is 14.6. The highest BCUT2D eigenvalue weighted by atomic mass is 19.2. The van der Waals surface area contributed by atoms with Crippen LogP contribution in [0.4, 0.5) is 17.6 Å². The van der Waals surface area contributed by atoms with Crippen molar-refractivity contribution >= 4 is 11.8 Å². The average Bonchev–Trinajstić information content (AvgIpc) is 2.96. The van der Waals surface area contributed by atoms with Gasteiger partial charge in [-0.2, -0.15) is 4.39 Å². The van der Waals surface area contributed by atoms with Crippen LogP contribution in [0.25, 0.3) is 0 Å². The number of nitrogens with one attached hydrogen (secondary N) is 1. The Morgan fingerprint density at radius 2 is 1.86 bits per heavy atom. The SMILES string of the molecule is COC(C)(F)OC1CCC(C)N2CC1n1cc(C(=O)NCc3c(F)cc(F)cc3F)c(=O)c(O)c1C2=O. The standard InChI is InChI=1S/C24H25F4N3O6/c1-11-4-5-18(37-24(2,28)36-3)17-10-30(11)23(35)19-21(33)20(32)14(9-31(17)19)22(34)29-8-13-15(26)6-12(25)7-16(13)27/h6-7,9,11,17-18,33H,4-5,8,10H2,1-3H3,(H,29,34). The van der Waals surface area contributed by atoms with Crippen molar-refractivity contribution in [3.8, 4) is 5.75 Å². The summed E-state index contributed by atoms with van der Waals surface area (Å²) in [5, 5.41) is 12.8. The summed E-state index contributed by atoms with van der Waals surface area (Å²) < 4.78 is 67.2. The van der Waals surface area contributed by atoms with Gasteiger partial charge in [0.1, 0.15) is 23.0 Å². The van der Waals surface area contributed by atoms with Crippen molar-refractivity contribution in [1.29, 1.82) is 0 Å². The fourth-order valence-corrected chi connectivity index (χ4v) is 4.65. The number of pyridine rings is 1. The Balaban J connectivity index is 1.73. The first-order valence-corrected chi connectivity index (χ1v) is 11.5. The lowest BCUT2D eigenvalue weighted by atomic mass is 10.0. The lowest BCUT2D eigenvalue weighted by Crippen LogP contribution is -2.50. The maximum atomic E-state index is 14.6. The summed E-state index contributed by atoms with van der Waals surface area (Å²) in [7, 11) is 1.11. The van der Waals surface area contributed by atoms with E-state index in [-0.39, 0.29) is 19.0 Å². The van der Waals surface area contributed by atoms with E-state index in [9.17, 15) is 37.1 Å². The van der Waals surface area contributed by atoms with E-state index in [1.54, 1.807) is 6.92 Å². The number of hydrogen-bond donors (Lipinski definition) is 2. The summed E-state index contributed by atoms with van der Waals surface area (Å²) >= 11 is 0. The van der Waals surface area contributed by atoms with Crippen molar-refractivity contribution < 1.29 is 41.7 Å². The summed E-state index contributed by atoms with van der Waals surface area (Å²) in [6, 6.07) is -2.73. The number of aromatic hydroxyl groups is 1. The smallest absolute Gasteiger partial charge is 0.317 e. The van der Waals surface area contributed by atoms with Gasteiger partial charge in [0.15, 0.2) is 11.4 Å². The first kappa shape index (κ1) is 26.6. The van der Waals surface area contributed by atoms with Crippen LogP contribution in [0.3, 0.4) is 0 Å². The third kappa shape index (κ3) is 4.92. The highest BCUT2D eigenvalue weighted by Gasteiger charge is 2.45. The van der Waals surface area contributed by atoms with Crippen LogP contribution in [0.15, 0.2) is 23.1 Å². The quantitative estimate of drug-likeness (QED) is 0.442. The normalized spacial score (nSPS) is 22.7. The van der Waals surface area contributed by atoms with Crippen LogP contribution in [-0.4, -0.2) is 58.2 Å². The van der Waals surface area contributed by atoms with Gasteiger partial charge in [-0.3, -0.25) is 14.4 Å². The molecule has 3 heterocycles. The van der Waals surface area contributed by atoms with Gasteiger partial charge in [0.25, 0.3) is 11.8 Å². The molecule has 2 aliphatic rings. The Kier molecular flexibility index (Phi) is 7.04. The van der Waals surface area contributed by atoms with Gasteiger partial charge in [-0.05, 0) is 19.8 Å². The van der Waals surface area contributed by atoms with E-state index in [2.05, 4.69) is 5.32 Å². The highest BCUT2D eigenvalue weighted by molar-refractivity contribution is 5.99. The van der Waals surface area contributed by atoms with Crippen LogP contribution in [0, 0.1) is 17.5 Å². The van der Waals surface area contributed by atoms with Gasteiger partial charge in [0.2, 0.25) is 5.43 Å². The molecule has 2 bridgehead atoms. The Labute approximate surface area is 208 Å². The minimum absolute atomic E-state index is 0.0346. The second-order valence-electron chi connectivity index (χ2n) is 9.15. The second kappa shape index (κ2) is 9.78. The molecule has 13 heteroatoms. The van der Waals surface area contributed by atoms with Crippen molar-refractivity contribution in [3.63, 3.8) is 0 Å². The van der Waals surface area contributed by atoms with Gasteiger partial charge in [-0.1, -0.05) is 0 Å². The molecule has 4 atom stereocenters. The number of nitrogens with zero attached hydrogens (tertiary/aromatic N) is 2. The molecule has 1 saturated heterocycles. The van der Waals surface area contributed by atoms with E-state index >= 15 is 0 Å². The van der Waals surface area contributed by atoms with E-state index in [1.165, 1.54) is 9.47 Å². The number of rotatable bonds is 6. The number of methoxy groups -OCH3 is 1.